The van der Waals surface area contributed by atoms with Crippen molar-refractivity contribution in [1.29, 1.82) is 0 Å². The summed E-state index contributed by atoms with van der Waals surface area (Å²) in [6, 6.07) is 3.68. The van der Waals surface area contributed by atoms with Crippen molar-refractivity contribution in [3.63, 3.8) is 0 Å². The predicted molar refractivity (Wildman–Crippen MR) is 95.3 cm³/mol. The molecule has 25 heavy (non-hydrogen) atoms. The molecular weight excluding hydrogens is 338 g/mol. The Morgan fingerprint density at radius 3 is 2.84 bits per heavy atom. The number of hydrogen-bond acceptors (Lipinski definition) is 4. The summed E-state index contributed by atoms with van der Waals surface area (Å²) in [7, 11) is 1.96. The number of nitrogens with one attached hydrogen (secondary N) is 1. The van der Waals surface area contributed by atoms with E-state index in [1.807, 2.05) is 22.7 Å². The van der Waals surface area contributed by atoms with Gasteiger partial charge in [-0.25, -0.2) is 9.97 Å². The molecule has 4 rings (SSSR count). The van der Waals surface area contributed by atoms with Crippen LogP contribution in [0.1, 0.15) is 35.6 Å². The fourth-order valence-corrected chi connectivity index (χ4v) is 4.01. The van der Waals surface area contributed by atoms with E-state index in [9.17, 15) is 4.79 Å². The van der Waals surface area contributed by atoms with Crippen molar-refractivity contribution in [2.75, 3.05) is 13.1 Å². The molecule has 1 atom stereocenters. The van der Waals surface area contributed by atoms with Gasteiger partial charge in [0.25, 0.3) is 5.91 Å². The molecule has 2 aromatic rings. The van der Waals surface area contributed by atoms with Crippen molar-refractivity contribution in [2.24, 2.45) is 12.5 Å². The maximum atomic E-state index is 13.2. The number of carbonyl (C=O) groups is 1. The molecule has 6 nitrogen and oxygen atoms in total. The number of pyridine rings is 1. The van der Waals surface area contributed by atoms with Crippen molar-refractivity contribution >= 4 is 17.5 Å². The smallest absolute Gasteiger partial charge is 0.273 e. The number of imidazole rings is 1. The molecule has 0 bridgehead atoms. The highest BCUT2D eigenvalue weighted by molar-refractivity contribution is 6.30. The summed E-state index contributed by atoms with van der Waals surface area (Å²) in [6.45, 7) is 2.56. The second-order valence-electron chi connectivity index (χ2n) is 7.08. The Hall–Kier alpha value is -1.92. The van der Waals surface area contributed by atoms with Crippen LogP contribution < -0.4 is 5.32 Å². The van der Waals surface area contributed by atoms with Gasteiger partial charge in [0.1, 0.15) is 11.5 Å². The first kappa shape index (κ1) is 16.5. The minimum absolute atomic E-state index is 0.0416. The van der Waals surface area contributed by atoms with Gasteiger partial charge in [-0.15, -0.1) is 0 Å². The van der Waals surface area contributed by atoms with Crippen LogP contribution in [0.5, 0.6) is 0 Å². The maximum Gasteiger partial charge on any atom is 0.273 e. The number of piperidine rings is 1. The van der Waals surface area contributed by atoms with Gasteiger partial charge >= 0.3 is 0 Å². The third kappa shape index (κ3) is 3.16. The fraction of sp³-hybridized carbons (Fsp3) is 0.500. The lowest BCUT2D eigenvalue weighted by molar-refractivity contribution is 0.0679. The van der Waals surface area contributed by atoms with Crippen LogP contribution in [-0.4, -0.2) is 44.5 Å². The van der Waals surface area contributed by atoms with Crippen LogP contribution >= 0.6 is 11.6 Å². The molecule has 1 saturated carbocycles. The lowest BCUT2D eigenvalue weighted by atomic mass is 9.93. The van der Waals surface area contributed by atoms with Gasteiger partial charge in [-0.05, 0) is 49.9 Å². The molecule has 2 aromatic heterocycles. The summed E-state index contributed by atoms with van der Waals surface area (Å²) in [5, 5.41) is 3.95. The first-order chi connectivity index (χ1) is 12.1. The average Bonchev–Trinajstić information content (AvgIpc) is 3.13. The third-order valence-electron chi connectivity index (χ3n) is 5.56. The van der Waals surface area contributed by atoms with Gasteiger partial charge in [0, 0.05) is 31.7 Å². The number of aryl methyl sites for hydroxylation is 1. The molecule has 1 N–H and O–H groups in total. The Bertz CT molecular complexity index is 766. The zero-order chi connectivity index (χ0) is 17.4. The van der Waals surface area contributed by atoms with Crippen molar-refractivity contribution in [3.8, 4) is 0 Å². The Labute approximate surface area is 152 Å². The number of hydrogen-bond donors (Lipinski definition) is 1. The van der Waals surface area contributed by atoms with Gasteiger partial charge in [-0.3, -0.25) is 4.79 Å². The quantitative estimate of drug-likeness (QED) is 0.909. The number of nitrogens with zero attached hydrogens (tertiary/aromatic N) is 4. The summed E-state index contributed by atoms with van der Waals surface area (Å²) >= 11 is 5.92. The highest BCUT2D eigenvalue weighted by Crippen LogP contribution is 2.56. The van der Waals surface area contributed by atoms with E-state index in [0.29, 0.717) is 17.3 Å². The molecule has 1 spiro atoms. The summed E-state index contributed by atoms with van der Waals surface area (Å²) < 4.78 is 1.97. The Balaban J connectivity index is 1.60. The van der Waals surface area contributed by atoms with Gasteiger partial charge in [-0.2, -0.15) is 0 Å². The van der Waals surface area contributed by atoms with E-state index in [4.69, 9.17) is 11.6 Å². The van der Waals surface area contributed by atoms with Gasteiger partial charge in [0.15, 0.2) is 0 Å². The van der Waals surface area contributed by atoms with E-state index < -0.39 is 0 Å². The number of amides is 1. The fourth-order valence-electron chi connectivity index (χ4n) is 3.90. The van der Waals surface area contributed by atoms with Gasteiger partial charge in [0.05, 0.1) is 11.6 Å². The minimum atomic E-state index is -0.0416. The standard InChI is InChI=1S/C18H22ClN5O/c1-23-9-8-21-16(23)12-24(15-10-18(15)4-6-20-7-5-18)17(25)14-3-2-13(19)11-22-14/h2-3,8-9,11,15,20H,4-7,10,12H2,1H3/t15-/m1/s1. The first-order valence-electron chi connectivity index (χ1n) is 8.68. The van der Waals surface area contributed by atoms with Crippen molar-refractivity contribution in [1.82, 2.24) is 24.8 Å². The summed E-state index contributed by atoms with van der Waals surface area (Å²) in [6.07, 6.45) is 8.52. The molecule has 0 aromatic carbocycles. The SMILES string of the molecule is Cn1ccnc1CN(C(=O)c1ccc(Cl)cn1)[C@@H]1CC12CCNCC2. The predicted octanol–water partition coefficient (Wildman–Crippen LogP) is 2.25. The molecular formula is C18H22ClN5O. The molecule has 1 saturated heterocycles. The molecule has 0 radical (unpaired) electrons. The van der Waals surface area contributed by atoms with E-state index in [-0.39, 0.29) is 17.4 Å². The molecule has 1 amide bonds. The number of halogens is 1. The Morgan fingerprint density at radius 2 is 2.20 bits per heavy atom. The third-order valence-corrected chi connectivity index (χ3v) is 5.79. The molecule has 1 aliphatic heterocycles. The van der Waals surface area contributed by atoms with E-state index in [1.165, 1.54) is 6.20 Å². The summed E-state index contributed by atoms with van der Waals surface area (Å²) in [5.41, 5.74) is 0.702. The Morgan fingerprint density at radius 1 is 1.40 bits per heavy atom. The highest BCUT2D eigenvalue weighted by Gasteiger charge is 2.58. The van der Waals surface area contributed by atoms with Gasteiger partial charge < -0.3 is 14.8 Å². The molecule has 0 unspecified atom stereocenters. The highest BCUT2D eigenvalue weighted by atomic mass is 35.5. The lowest BCUT2D eigenvalue weighted by Gasteiger charge is -2.29. The summed E-state index contributed by atoms with van der Waals surface area (Å²) in [4.78, 5) is 23.8. The van der Waals surface area contributed by atoms with Gasteiger partial charge in [-0.1, -0.05) is 11.6 Å². The van der Waals surface area contributed by atoms with Crippen LogP contribution in [0.4, 0.5) is 0 Å². The van der Waals surface area contributed by atoms with Crippen molar-refractivity contribution < 1.29 is 4.79 Å². The normalized spacial score (nSPS) is 21.3. The van der Waals surface area contributed by atoms with E-state index in [1.54, 1.807) is 18.3 Å². The second-order valence-corrected chi connectivity index (χ2v) is 7.52. The van der Waals surface area contributed by atoms with Crippen molar-refractivity contribution in [2.45, 2.75) is 31.8 Å². The van der Waals surface area contributed by atoms with Crippen LogP contribution in [-0.2, 0) is 13.6 Å². The van der Waals surface area contributed by atoms with Crippen LogP contribution in [0.15, 0.2) is 30.7 Å². The average molecular weight is 360 g/mol. The monoisotopic (exact) mass is 359 g/mol. The molecule has 7 heteroatoms. The number of rotatable bonds is 4. The first-order valence-corrected chi connectivity index (χ1v) is 9.06. The van der Waals surface area contributed by atoms with Crippen LogP contribution in [0.2, 0.25) is 5.02 Å². The van der Waals surface area contributed by atoms with E-state index in [2.05, 4.69) is 15.3 Å². The maximum absolute atomic E-state index is 13.2. The largest absolute Gasteiger partial charge is 0.337 e. The number of carbonyl (C=O) groups excluding carboxylic acids is 1. The van der Waals surface area contributed by atoms with Gasteiger partial charge in [0.2, 0.25) is 0 Å². The van der Waals surface area contributed by atoms with Crippen LogP contribution in [0, 0.1) is 5.41 Å². The van der Waals surface area contributed by atoms with E-state index >= 15 is 0 Å². The number of aromatic nitrogens is 3. The molecule has 2 fully saturated rings. The molecule has 2 aliphatic rings. The second kappa shape index (κ2) is 6.42. The summed E-state index contributed by atoms with van der Waals surface area (Å²) in [5.74, 6) is 0.846. The topological polar surface area (TPSA) is 63.1 Å². The molecule has 1 aliphatic carbocycles. The van der Waals surface area contributed by atoms with Crippen LogP contribution in [0.3, 0.4) is 0 Å². The lowest BCUT2D eigenvalue weighted by Crippen LogP contribution is -2.39. The van der Waals surface area contributed by atoms with Crippen LogP contribution in [0.25, 0.3) is 0 Å². The zero-order valence-corrected chi connectivity index (χ0v) is 15.0. The Kier molecular flexibility index (Phi) is 4.25. The van der Waals surface area contributed by atoms with Crippen molar-refractivity contribution in [3.05, 3.63) is 47.3 Å². The molecule has 3 heterocycles. The zero-order valence-electron chi connectivity index (χ0n) is 14.3. The minimum Gasteiger partial charge on any atom is -0.337 e. The van der Waals surface area contributed by atoms with E-state index in [0.717, 1.165) is 38.2 Å². The molecule has 132 valence electrons.